The fourth-order valence-electron chi connectivity index (χ4n) is 2.61. The molecule has 4 fully saturated rings. The van der Waals surface area contributed by atoms with E-state index in [1.807, 2.05) is 27.7 Å². The van der Waals surface area contributed by atoms with Crippen LogP contribution in [0.3, 0.4) is 0 Å². The van der Waals surface area contributed by atoms with Crippen LogP contribution in [-0.2, 0) is 42.7 Å². The first-order chi connectivity index (χ1) is 19.4. The second-order valence-electron chi connectivity index (χ2n) is 8.71. The topological polar surface area (TPSA) is 233 Å². The summed E-state index contributed by atoms with van der Waals surface area (Å²) >= 11 is 0. The fourth-order valence-corrected chi connectivity index (χ4v) is 2.61. The number of aldehydes is 1. The van der Waals surface area contributed by atoms with Gasteiger partial charge in [0.25, 0.3) is 0 Å². The van der Waals surface area contributed by atoms with Gasteiger partial charge in [-0.1, -0.05) is 0 Å². The average molecular weight is 609 g/mol. The lowest BCUT2D eigenvalue weighted by Gasteiger charge is -2.23. The molecule has 0 amide bonds. The highest BCUT2D eigenvalue weighted by atomic mass is 16.7. The smallest absolute Gasteiger partial charge is 0.155 e. The molecule has 4 aliphatic rings. The van der Waals surface area contributed by atoms with Gasteiger partial charge < -0.3 is 78.4 Å². The van der Waals surface area contributed by atoms with Crippen LogP contribution in [0.25, 0.3) is 0 Å². The van der Waals surface area contributed by atoms with E-state index >= 15 is 0 Å². The van der Waals surface area contributed by atoms with Crippen LogP contribution in [0.5, 0.6) is 0 Å². The van der Waals surface area contributed by atoms with Gasteiger partial charge in [-0.25, -0.2) is 0 Å². The SMILES string of the molecule is CC1OCC(O)CO1.CC1OCC(O)CO1.CC=O.C[C@H]1OC[C@@H](CO)O1.C[C@H]1OC[C@H](CO)O1.OCC(O)CO. The lowest BCUT2D eigenvalue weighted by atomic mass is 10.4. The normalized spacial score (nSPS) is 32.2. The van der Waals surface area contributed by atoms with Crippen molar-refractivity contribution in [2.24, 2.45) is 0 Å². The van der Waals surface area contributed by atoms with Gasteiger partial charge >= 0.3 is 0 Å². The molecule has 4 aliphatic heterocycles. The van der Waals surface area contributed by atoms with Crippen LogP contribution in [-0.4, -0.2) is 164 Å². The Kier molecular flexibility index (Phi) is 28.7. The minimum absolute atomic E-state index is 0.0599. The first-order valence-electron chi connectivity index (χ1n) is 13.3. The van der Waals surface area contributed by atoms with Crippen LogP contribution in [0.2, 0.25) is 0 Å². The van der Waals surface area contributed by atoms with Crippen LogP contribution >= 0.6 is 0 Å². The zero-order valence-electron chi connectivity index (χ0n) is 24.6. The lowest BCUT2D eigenvalue weighted by molar-refractivity contribution is -0.207. The number of carbonyl (C=O) groups is 1. The molecule has 0 unspecified atom stereocenters. The minimum atomic E-state index is -0.954. The molecule has 248 valence electrons. The van der Waals surface area contributed by atoms with E-state index in [1.54, 1.807) is 0 Å². The Hall–Kier alpha value is -0.930. The second-order valence-corrected chi connectivity index (χ2v) is 8.71. The van der Waals surface area contributed by atoms with Gasteiger partial charge in [0.15, 0.2) is 25.2 Å². The number of carbonyl (C=O) groups excluding carboxylic acids is 1. The monoisotopic (exact) mass is 608 g/mol. The third-order valence-electron chi connectivity index (χ3n) is 4.72. The predicted octanol–water partition coefficient (Wildman–Crippen LogP) is -2.50. The summed E-state index contributed by atoms with van der Waals surface area (Å²) in [6.45, 7) is 10.8. The number of rotatable bonds is 4. The van der Waals surface area contributed by atoms with E-state index in [2.05, 4.69) is 0 Å². The molecular weight excluding hydrogens is 556 g/mol. The molecule has 16 heteroatoms. The van der Waals surface area contributed by atoms with Crippen molar-refractivity contribution in [3.63, 3.8) is 0 Å². The minimum Gasteiger partial charge on any atom is -0.394 e. The van der Waals surface area contributed by atoms with Crippen molar-refractivity contribution in [3.8, 4) is 0 Å². The zero-order valence-corrected chi connectivity index (χ0v) is 24.6. The molecule has 0 aromatic rings. The van der Waals surface area contributed by atoms with Gasteiger partial charge in [-0.15, -0.1) is 0 Å². The molecule has 4 heterocycles. The van der Waals surface area contributed by atoms with Crippen LogP contribution in [0.1, 0.15) is 34.6 Å². The molecule has 0 spiro atoms. The first kappa shape index (κ1) is 42.2. The van der Waals surface area contributed by atoms with E-state index in [0.29, 0.717) is 39.6 Å². The maximum Gasteiger partial charge on any atom is 0.155 e. The maximum atomic E-state index is 8.81. The highest BCUT2D eigenvalue weighted by molar-refractivity contribution is 5.44. The molecule has 4 saturated heterocycles. The number of hydrogen-bond acceptors (Lipinski definition) is 16. The molecule has 7 N–H and O–H groups in total. The van der Waals surface area contributed by atoms with Crippen LogP contribution < -0.4 is 0 Å². The summed E-state index contributed by atoms with van der Waals surface area (Å²) in [6.07, 6.45) is -1.78. The average Bonchev–Trinajstić information content (AvgIpc) is 3.60. The van der Waals surface area contributed by atoms with Crippen molar-refractivity contribution in [1.82, 2.24) is 0 Å². The van der Waals surface area contributed by atoms with Crippen LogP contribution in [0.15, 0.2) is 0 Å². The quantitative estimate of drug-likeness (QED) is 0.163. The Morgan fingerprint density at radius 1 is 0.610 bits per heavy atom. The predicted molar refractivity (Wildman–Crippen MR) is 141 cm³/mol. The van der Waals surface area contributed by atoms with Gasteiger partial charge in [-0.3, -0.25) is 0 Å². The Balaban J connectivity index is 0. The number of ether oxygens (including phenoxy) is 8. The largest absolute Gasteiger partial charge is 0.394 e. The van der Waals surface area contributed by atoms with Crippen molar-refractivity contribution in [3.05, 3.63) is 0 Å². The molecule has 4 rings (SSSR count). The van der Waals surface area contributed by atoms with Crippen LogP contribution in [0, 0.1) is 0 Å². The van der Waals surface area contributed by atoms with Crippen molar-refractivity contribution in [2.75, 3.05) is 66.1 Å². The van der Waals surface area contributed by atoms with E-state index in [0.717, 1.165) is 6.29 Å². The third kappa shape index (κ3) is 26.4. The van der Waals surface area contributed by atoms with Gasteiger partial charge in [0.05, 0.1) is 66.1 Å². The fraction of sp³-hybridized carbons (Fsp3) is 0.960. The summed E-state index contributed by atoms with van der Waals surface area (Å²) in [5.74, 6) is 0. The summed E-state index contributed by atoms with van der Waals surface area (Å²) in [6, 6.07) is 0. The molecule has 0 radical (unpaired) electrons. The van der Waals surface area contributed by atoms with E-state index in [-0.39, 0.29) is 63.8 Å². The molecule has 0 bridgehead atoms. The summed E-state index contributed by atoms with van der Waals surface area (Å²) in [7, 11) is 0. The summed E-state index contributed by atoms with van der Waals surface area (Å²) in [5.41, 5.74) is 0. The first-order valence-corrected chi connectivity index (χ1v) is 13.3. The molecule has 0 aromatic carbocycles. The van der Waals surface area contributed by atoms with Crippen molar-refractivity contribution in [1.29, 1.82) is 0 Å². The highest BCUT2D eigenvalue weighted by Gasteiger charge is 2.21. The molecule has 4 atom stereocenters. The van der Waals surface area contributed by atoms with Gasteiger partial charge in [0.2, 0.25) is 0 Å². The van der Waals surface area contributed by atoms with Crippen molar-refractivity contribution >= 4 is 6.29 Å². The summed E-state index contributed by atoms with van der Waals surface area (Å²) in [5, 5.41) is 58.5. The maximum absolute atomic E-state index is 8.81. The third-order valence-corrected chi connectivity index (χ3v) is 4.72. The summed E-state index contributed by atoms with van der Waals surface area (Å²) < 4.78 is 39.7. The Labute approximate surface area is 241 Å². The molecule has 0 saturated carbocycles. The highest BCUT2D eigenvalue weighted by Crippen LogP contribution is 2.09. The molecule has 41 heavy (non-hydrogen) atoms. The van der Waals surface area contributed by atoms with E-state index in [4.69, 9.17) is 78.4 Å². The number of hydrogen-bond donors (Lipinski definition) is 7. The van der Waals surface area contributed by atoms with Gasteiger partial charge in [0.1, 0.15) is 36.8 Å². The van der Waals surface area contributed by atoms with Gasteiger partial charge in [-0.2, -0.15) is 0 Å². The van der Waals surface area contributed by atoms with Crippen molar-refractivity contribution < 1.29 is 78.4 Å². The van der Waals surface area contributed by atoms with Crippen LogP contribution in [0.4, 0.5) is 0 Å². The van der Waals surface area contributed by atoms with Crippen molar-refractivity contribution in [2.45, 2.75) is 90.3 Å². The van der Waals surface area contributed by atoms with E-state index in [1.165, 1.54) is 6.92 Å². The number of aliphatic hydroxyl groups excluding tert-OH is 7. The lowest BCUT2D eigenvalue weighted by Crippen LogP contribution is -2.33. The molecular formula is C25H52O16. The second kappa shape index (κ2) is 27.9. The van der Waals surface area contributed by atoms with Gasteiger partial charge in [-0.05, 0) is 34.6 Å². The Morgan fingerprint density at radius 2 is 0.878 bits per heavy atom. The van der Waals surface area contributed by atoms with E-state index in [9.17, 15) is 0 Å². The summed E-state index contributed by atoms with van der Waals surface area (Å²) in [4.78, 5) is 8.81. The molecule has 16 nitrogen and oxygen atoms in total. The van der Waals surface area contributed by atoms with Gasteiger partial charge in [0, 0.05) is 0 Å². The number of aliphatic hydroxyl groups is 7. The molecule has 0 aromatic heterocycles. The Morgan fingerprint density at radius 3 is 1.00 bits per heavy atom. The zero-order chi connectivity index (χ0) is 31.6. The van der Waals surface area contributed by atoms with E-state index < -0.39 is 18.3 Å². The molecule has 0 aliphatic carbocycles. The standard InChI is InChI=1S/4C5H10O3.C3H8O3.C2H4O/c2*1-4-7-2-5(6)3-8-4;2*1-4-7-3-5(2-6)8-4;4-1-3(6)2-5;1-2-3/h4*4-6H,2-3H2,1H3;3-6H,1-2H2;2H,1H3/t;;4-,5+;4-,5-;;/m..00../s1. The Bertz CT molecular complexity index is 494.